The molecule has 0 aliphatic heterocycles. The van der Waals surface area contributed by atoms with Crippen LogP contribution in [0.25, 0.3) is 11.0 Å². The summed E-state index contributed by atoms with van der Waals surface area (Å²) in [5.74, 6) is -3.19. The number of ketones is 1. The maximum Gasteiger partial charge on any atom is 0.434 e. The van der Waals surface area contributed by atoms with Gasteiger partial charge < -0.3 is 14.4 Å². The van der Waals surface area contributed by atoms with Crippen molar-refractivity contribution in [3.05, 3.63) is 88.2 Å². The van der Waals surface area contributed by atoms with E-state index in [4.69, 9.17) is 16.9 Å². The van der Waals surface area contributed by atoms with Crippen molar-refractivity contribution in [2.75, 3.05) is 4.98 Å². The van der Waals surface area contributed by atoms with Crippen LogP contribution in [-0.4, -0.2) is 24.6 Å². The second-order valence-corrected chi connectivity index (χ2v) is 8.36. The van der Waals surface area contributed by atoms with Gasteiger partial charge in [-0.2, -0.15) is 5.26 Å². The second kappa shape index (κ2) is 8.18. The average Bonchev–Trinajstić information content (AvgIpc) is 3.18. The minimum atomic E-state index is -2.86. The summed E-state index contributed by atoms with van der Waals surface area (Å²) in [6.45, 7) is 0. The number of halogens is 3. The second-order valence-electron chi connectivity index (χ2n) is 6.48. The molecule has 4 aromatic rings. The van der Waals surface area contributed by atoms with Crippen LogP contribution < -0.4 is 10.2 Å². The van der Waals surface area contributed by atoms with Gasteiger partial charge in [0.15, 0.2) is 5.82 Å². The van der Waals surface area contributed by atoms with Crippen LogP contribution in [0.15, 0.2) is 54.9 Å². The molecular weight excluding hydrogens is 442 g/mol. The standard InChI is InChI=1S/C21H11ClF2N4O2Si/c22-12-7-13-14(10-27-21(13)26-9-12)20(29)18-15(23)5-6-16(19(18)24)28-31(30)17-4-2-1-3-11(17)8-25/h1-7,9-10,28H,(H,26,27). The first kappa shape index (κ1) is 20.5. The van der Waals surface area contributed by atoms with E-state index in [0.717, 1.165) is 12.1 Å². The van der Waals surface area contributed by atoms with Gasteiger partial charge in [0.25, 0.3) is 0 Å². The van der Waals surface area contributed by atoms with Crippen LogP contribution in [0, 0.1) is 23.0 Å². The fraction of sp³-hybridized carbons (Fsp3) is 0. The number of benzene rings is 2. The van der Waals surface area contributed by atoms with Gasteiger partial charge in [0.05, 0.1) is 27.9 Å². The SMILES string of the molecule is N#Cc1ccccc1[Si](=O)Nc1ccc(F)c(C(=O)c2c[nH]c3ncc(Cl)cc23)c1F. The number of hydrogen-bond acceptors (Lipinski definition) is 4. The number of nitriles is 1. The molecule has 2 heterocycles. The normalized spacial score (nSPS) is 10.6. The van der Waals surface area contributed by atoms with Crippen LogP contribution in [0.1, 0.15) is 21.5 Å². The molecular formula is C21H11ClF2N4O2Si. The predicted molar refractivity (Wildman–Crippen MR) is 112 cm³/mol. The number of nitrogens with zero attached hydrogens (tertiary/aromatic N) is 2. The minimum Gasteiger partial charge on any atom is -0.355 e. The van der Waals surface area contributed by atoms with E-state index in [1.165, 1.54) is 30.6 Å². The molecule has 0 fully saturated rings. The van der Waals surface area contributed by atoms with Gasteiger partial charge in [-0.15, -0.1) is 0 Å². The zero-order valence-electron chi connectivity index (χ0n) is 15.5. The fourth-order valence-electron chi connectivity index (χ4n) is 3.13. The van der Waals surface area contributed by atoms with E-state index < -0.39 is 31.8 Å². The van der Waals surface area contributed by atoms with Gasteiger partial charge in [0.1, 0.15) is 11.5 Å². The Hall–Kier alpha value is -3.74. The summed E-state index contributed by atoms with van der Waals surface area (Å²) >= 11 is 5.93. The molecule has 0 saturated carbocycles. The van der Waals surface area contributed by atoms with Crippen LogP contribution in [0.5, 0.6) is 0 Å². The molecule has 31 heavy (non-hydrogen) atoms. The van der Waals surface area contributed by atoms with Crippen molar-refractivity contribution >= 4 is 48.1 Å². The molecule has 0 unspecified atom stereocenters. The Morgan fingerprint density at radius 2 is 2.00 bits per heavy atom. The number of carbonyl (C=O) groups excluding carboxylic acids is 1. The third-order valence-electron chi connectivity index (χ3n) is 4.60. The third-order valence-corrected chi connectivity index (χ3v) is 6.23. The summed E-state index contributed by atoms with van der Waals surface area (Å²) < 4.78 is 42.3. The number of carbonyl (C=O) groups is 1. The number of aromatic amines is 1. The van der Waals surface area contributed by atoms with Crippen molar-refractivity contribution in [3.8, 4) is 6.07 Å². The van der Waals surface area contributed by atoms with Gasteiger partial charge in [0, 0.05) is 28.5 Å². The predicted octanol–water partition coefficient (Wildman–Crippen LogP) is 3.83. The van der Waals surface area contributed by atoms with Crippen LogP contribution in [0.2, 0.25) is 5.02 Å². The lowest BCUT2D eigenvalue weighted by molar-refractivity contribution is 0.103. The highest BCUT2D eigenvalue weighted by Gasteiger charge is 2.26. The summed E-state index contributed by atoms with van der Waals surface area (Å²) in [6, 6.07) is 11.5. The van der Waals surface area contributed by atoms with Crippen LogP contribution in [-0.2, 0) is 4.46 Å². The topological polar surface area (TPSA) is 98.6 Å². The van der Waals surface area contributed by atoms with Gasteiger partial charge in [0.2, 0.25) is 5.78 Å². The van der Waals surface area contributed by atoms with E-state index in [2.05, 4.69) is 15.0 Å². The number of rotatable bonds is 5. The van der Waals surface area contributed by atoms with Crippen LogP contribution in [0.4, 0.5) is 14.5 Å². The molecule has 0 bridgehead atoms. The summed E-state index contributed by atoms with van der Waals surface area (Å²) in [5, 5.41) is 9.93. The molecule has 0 radical (unpaired) electrons. The first-order valence-corrected chi connectivity index (χ1v) is 10.6. The third kappa shape index (κ3) is 3.74. The first-order chi connectivity index (χ1) is 14.9. The number of aromatic nitrogens is 2. The number of anilines is 1. The van der Waals surface area contributed by atoms with E-state index in [-0.39, 0.29) is 27.0 Å². The number of nitrogens with one attached hydrogen (secondary N) is 2. The Morgan fingerprint density at radius 3 is 2.77 bits per heavy atom. The molecule has 2 aromatic heterocycles. The number of hydrogen-bond donors (Lipinski definition) is 2. The van der Waals surface area contributed by atoms with Gasteiger partial charge >= 0.3 is 8.84 Å². The summed E-state index contributed by atoms with van der Waals surface area (Å²) in [6.07, 6.45) is 2.67. The van der Waals surface area contributed by atoms with Crippen LogP contribution in [0.3, 0.4) is 0 Å². The number of pyridine rings is 1. The van der Waals surface area contributed by atoms with Gasteiger partial charge in [-0.05, 0) is 24.3 Å². The van der Waals surface area contributed by atoms with Gasteiger partial charge in [-0.3, -0.25) is 4.79 Å². The highest BCUT2D eigenvalue weighted by Crippen LogP contribution is 2.27. The molecule has 0 spiro atoms. The van der Waals surface area contributed by atoms with Crippen LogP contribution >= 0.6 is 11.6 Å². The quantitative estimate of drug-likeness (QED) is 0.354. The molecule has 2 N–H and O–H groups in total. The van der Waals surface area contributed by atoms with Crippen molar-refractivity contribution in [2.45, 2.75) is 0 Å². The molecule has 6 nitrogen and oxygen atoms in total. The molecule has 152 valence electrons. The first-order valence-electron chi connectivity index (χ1n) is 8.86. The Labute approximate surface area is 180 Å². The number of fused-ring (bicyclic) bond motifs is 1. The Kier molecular flexibility index (Phi) is 5.41. The highest BCUT2D eigenvalue weighted by atomic mass is 35.5. The highest BCUT2D eigenvalue weighted by molar-refractivity contribution is 6.63. The lowest BCUT2D eigenvalue weighted by Gasteiger charge is -2.10. The zero-order chi connectivity index (χ0) is 22.1. The molecule has 10 heteroatoms. The Morgan fingerprint density at radius 1 is 1.23 bits per heavy atom. The molecule has 0 aliphatic rings. The molecule has 4 rings (SSSR count). The lowest BCUT2D eigenvalue weighted by Crippen LogP contribution is -2.32. The van der Waals surface area contributed by atoms with E-state index in [1.54, 1.807) is 12.1 Å². The van der Waals surface area contributed by atoms with Crippen molar-refractivity contribution in [2.24, 2.45) is 0 Å². The average molecular weight is 453 g/mol. The summed E-state index contributed by atoms with van der Waals surface area (Å²) in [5.41, 5.74) is -0.643. The van der Waals surface area contributed by atoms with Crippen molar-refractivity contribution in [3.63, 3.8) is 0 Å². The van der Waals surface area contributed by atoms with Crippen molar-refractivity contribution in [1.29, 1.82) is 5.26 Å². The monoisotopic (exact) mass is 452 g/mol. The maximum atomic E-state index is 15.2. The Bertz CT molecular complexity index is 1410. The summed E-state index contributed by atoms with van der Waals surface area (Å²) in [4.78, 5) is 22.2. The zero-order valence-corrected chi connectivity index (χ0v) is 17.3. The van der Waals surface area contributed by atoms with E-state index in [0.29, 0.717) is 11.0 Å². The molecule has 0 amide bonds. The maximum absolute atomic E-state index is 15.2. The molecule has 2 aromatic carbocycles. The van der Waals surface area contributed by atoms with Crippen molar-refractivity contribution < 1.29 is 18.0 Å². The lowest BCUT2D eigenvalue weighted by atomic mass is 10.0. The van der Waals surface area contributed by atoms with Gasteiger partial charge in [-0.1, -0.05) is 29.8 Å². The summed E-state index contributed by atoms with van der Waals surface area (Å²) in [7, 11) is -2.86. The van der Waals surface area contributed by atoms with Gasteiger partial charge in [-0.25, -0.2) is 13.8 Å². The largest absolute Gasteiger partial charge is 0.434 e. The molecule has 0 aliphatic carbocycles. The van der Waals surface area contributed by atoms with E-state index in [9.17, 15) is 13.6 Å². The number of H-pyrrole nitrogens is 1. The minimum absolute atomic E-state index is 0.0116. The molecule has 0 saturated heterocycles. The van der Waals surface area contributed by atoms with Crippen molar-refractivity contribution in [1.82, 2.24) is 9.97 Å². The van der Waals surface area contributed by atoms with E-state index in [1.807, 2.05) is 6.07 Å². The Balaban J connectivity index is 1.74. The molecule has 0 atom stereocenters. The fourth-order valence-corrected chi connectivity index (χ4v) is 4.49. The van der Waals surface area contributed by atoms with E-state index >= 15 is 4.39 Å². The smallest absolute Gasteiger partial charge is 0.355 e.